The summed E-state index contributed by atoms with van der Waals surface area (Å²) >= 11 is 3.28. The number of carbonyl (C=O) groups is 2. The molecule has 8 nitrogen and oxygen atoms in total. The molecule has 1 aliphatic heterocycles. The van der Waals surface area contributed by atoms with Gasteiger partial charge in [0.1, 0.15) is 30.2 Å². The minimum atomic E-state index is -4.49. The predicted molar refractivity (Wildman–Crippen MR) is 117 cm³/mol. The number of pyridine rings is 1. The number of aliphatic carboxylic acids is 1. The lowest BCUT2D eigenvalue weighted by Crippen LogP contribution is -2.39. The van der Waals surface area contributed by atoms with Gasteiger partial charge in [0.15, 0.2) is 0 Å². The molecule has 0 aliphatic carbocycles. The number of amides is 1. The van der Waals surface area contributed by atoms with E-state index in [0.717, 1.165) is 12.1 Å². The average Bonchev–Trinajstić information content (AvgIpc) is 2.76. The van der Waals surface area contributed by atoms with E-state index in [1.807, 2.05) is 0 Å². The van der Waals surface area contributed by atoms with Crippen LogP contribution in [0.5, 0.6) is 11.5 Å². The molecule has 1 amide bonds. The molecule has 3 aromatic rings. The van der Waals surface area contributed by atoms with Gasteiger partial charge in [-0.25, -0.2) is 0 Å². The number of benzene rings is 2. The van der Waals surface area contributed by atoms with E-state index in [0.29, 0.717) is 10.0 Å². The quantitative estimate of drug-likeness (QED) is 0.456. The molecule has 0 spiro atoms. The number of aromatic nitrogens is 1. The Bertz CT molecular complexity index is 1370. The zero-order valence-electron chi connectivity index (χ0n) is 17.1. The third-order valence-corrected chi connectivity index (χ3v) is 5.84. The Morgan fingerprint density at radius 3 is 2.50 bits per heavy atom. The molecule has 0 saturated carbocycles. The number of alkyl halides is 3. The third kappa shape index (κ3) is 4.32. The summed E-state index contributed by atoms with van der Waals surface area (Å²) in [6.07, 6.45) is -4.39. The molecule has 3 N–H and O–H groups in total. The van der Waals surface area contributed by atoms with Crippen molar-refractivity contribution in [3.8, 4) is 11.5 Å². The van der Waals surface area contributed by atoms with E-state index in [4.69, 9.17) is 9.84 Å². The fourth-order valence-corrected chi connectivity index (χ4v) is 4.32. The Morgan fingerprint density at radius 1 is 1.21 bits per heavy atom. The van der Waals surface area contributed by atoms with E-state index in [-0.39, 0.29) is 29.7 Å². The third-order valence-electron chi connectivity index (χ3n) is 5.38. The van der Waals surface area contributed by atoms with E-state index < -0.39 is 53.1 Å². The van der Waals surface area contributed by atoms with E-state index in [9.17, 15) is 32.7 Å². The molecule has 12 heteroatoms. The lowest BCUT2D eigenvalue weighted by atomic mass is 10.0. The highest BCUT2D eigenvalue weighted by Crippen LogP contribution is 2.40. The maximum atomic E-state index is 13.4. The van der Waals surface area contributed by atoms with Crippen LogP contribution in [0.25, 0.3) is 10.9 Å². The van der Waals surface area contributed by atoms with Crippen molar-refractivity contribution in [1.29, 1.82) is 0 Å². The molecule has 1 aliphatic rings. The first-order valence-corrected chi connectivity index (χ1v) is 10.7. The van der Waals surface area contributed by atoms with Crippen molar-refractivity contribution in [2.45, 2.75) is 18.6 Å². The van der Waals surface area contributed by atoms with Crippen molar-refractivity contribution >= 4 is 38.7 Å². The van der Waals surface area contributed by atoms with Crippen LogP contribution in [0.2, 0.25) is 0 Å². The van der Waals surface area contributed by atoms with E-state index >= 15 is 0 Å². The van der Waals surface area contributed by atoms with Crippen molar-refractivity contribution in [2.75, 3.05) is 13.2 Å². The van der Waals surface area contributed by atoms with Crippen LogP contribution in [0.15, 0.2) is 45.7 Å². The maximum Gasteiger partial charge on any atom is 0.416 e. The lowest BCUT2D eigenvalue weighted by Gasteiger charge is -2.29. The van der Waals surface area contributed by atoms with Crippen LogP contribution < -0.4 is 15.6 Å². The number of nitrogens with zero attached hydrogens (tertiary/aromatic N) is 1. The summed E-state index contributed by atoms with van der Waals surface area (Å²) in [6, 6.07) is 6.80. The molecule has 34 heavy (non-hydrogen) atoms. The maximum absolute atomic E-state index is 13.4. The molecule has 0 fully saturated rings. The van der Waals surface area contributed by atoms with Crippen molar-refractivity contribution < 1.29 is 37.7 Å². The topological polar surface area (TPSA) is 118 Å². The molecular weight excluding hydrogens is 525 g/mol. The Morgan fingerprint density at radius 2 is 1.88 bits per heavy atom. The Labute approximate surface area is 197 Å². The van der Waals surface area contributed by atoms with Crippen LogP contribution in [0.3, 0.4) is 0 Å². The van der Waals surface area contributed by atoms with Crippen molar-refractivity contribution in [1.82, 2.24) is 9.88 Å². The number of nitrogens with one attached hydrogen (secondary N) is 1. The Hall–Kier alpha value is -3.54. The van der Waals surface area contributed by atoms with Crippen LogP contribution in [-0.4, -0.2) is 39.8 Å². The number of carboxylic acid groups (broad SMARTS) is 1. The summed E-state index contributed by atoms with van der Waals surface area (Å²) in [5, 5.41) is 21.7. The summed E-state index contributed by atoms with van der Waals surface area (Å²) < 4.78 is 46.2. The summed E-state index contributed by atoms with van der Waals surface area (Å²) in [6.45, 7) is -0.794. The highest BCUT2D eigenvalue weighted by molar-refractivity contribution is 9.10. The van der Waals surface area contributed by atoms with E-state index in [2.05, 4.69) is 21.2 Å². The number of carbonyl (C=O) groups excluding carboxylic acids is 1. The summed E-state index contributed by atoms with van der Waals surface area (Å²) in [5.41, 5.74) is -1.63. The van der Waals surface area contributed by atoms with Gasteiger partial charge in [0.05, 0.1) is 17.1 Å². The van der Waals surface area contributed by atoms with Gasteiger partial charge in [-0.2, -0.15) is 13.2 Å². The summed E-state index contributed by atoms with van der Waals surface area (Å²) in [4.78, 5) is 36.8. The average molecular weight is 541 g/mol. The minimum Gasteiger partial charge on any atom is -0.506 e. The molecule has 0 bridgehead atoms. The van der Waals surface area contributed by atoms with E-state index in [1.165, 1.54) is 22.8 Å². The molecule has 1 atom stereocenters. The molecule has 0 saturated heterocycles. The first kappa shape index (κ1) is 23.6. The molecule has 178 valence electrons. The van der Waals surface area contributed by atoms with Gasteiger partial charge in [-0.1, -0.05) is 28.1 Å². The van der Waals surface area contributed by atoms with Gasteiger partial charge in [-0.05, 0) is 36.2 Å². The number of carboxylic acids is 1. The number of ether oxygens (including phenoxy) is 1. The highest BCUT2D eigenvalue weighted by Gasteiger charge is 2.32. The number of halogens is 4. The van der Waals surface area contributed by atoms with Crippen LogP contribution in [0.1, 0.15) is 27.5 Å². The molecule has 0 radical (unpaired) electrons. The monoisotopic (exact) mass is 540 g/mol. The van der Waals surface area contributed by atoms with Crippen molar-refractivity contribution in [3.05, 3.63) is 67.9 Å². The molecule has 4 rings (SSSR count). The van der Waals surface area contributed by atoms with Crippen molar-refractivity contribution in [3.63, 3.8) is 0 Å². The molecule has 2 heterocycles. The van der Waals surface area contributed by atoms with Gasteiger partial charge in [0.25, 0.3) is 11.5 Å². The van der Waals surface area contributed by atoms with Crippen molar-refractivity contribution in [2.24, 2.45) is 0 Å². The van der Waals surface area contributed by atoms with Crippen LogP contribution in [0, 0.1) is 0 Å². The first-order valence-electron chi connectivity index (χ1n) is 9.87. The highest BCUT2D eigenvalue weighted by atomic mass is 79.9. The van der Waals surface area contributed by atoms with Gasteiger partial charge in [-0.3, -0.25) is 19.0 Å². The van der Waals surface area contributed by atoms with E-state index in [1.54, 1.807) is 6.07 Å². The standard InChI is InChI=1S/C22H16BrF3N2O6/c23-12-6-14-18-15(7-12)34-9-13(5-10-1-3-11(4-2-10)22(24,25)26)28(18)21(33)17(19(14)31)20(32)27-8-16(29)30/h1-4,6-7,13,31H,5,8-9H2,(H,27,32)(H,29,30). The fourth-order valence-electron chi connectivity index (χ4n) is 3.88. The van der Waals surface area contributed by atoms with Crippen LogP contribution in [0.4, 0.5) is 13.2 Å². The second-order valence-corrected chi connectivity index (χ2v) is 8.55. The molecule has 1 aromatic heterocycles. The Kier molecular flexibility index (Phi) is 6.02. The fraction of sp³-hybridized carbons (Fsp3) is 0.227. The lowest BCUT2D eigenvalue weighted by molar-refractivity contribution is -0.138. The molecule has 1 unspecified atom stereocenters. The second-order valence-electron chi connectivity index (χ2n) is 7.64. The normalized spacial score (nSPS) is 15.1. The largest absolute Gasteiger partial charge is 0.506 e. The second kappa shape index (κ2) is 8.67. The smallest absolute Gasteiger partial charge is 0.416 e. The van der Waals surface area contributed by atoms with Gasteiger partial charge in [-0.15, -0.1) is 0 Å². The summed E-state index contributed by atoms with van der Waals surface area (Å²) in [5.74, 6) is -2.79. The zero-order valence-corrected chi connectivity index (χ0v) is 18.7. The van der Waals surface area contributed by atoms with Gasteiger partial charge >= 0.3 is 12.1 Å². The zero-order chi connectivity index (χ0) is 24.8. The molecule has 2 aromatic carbocycles. The molecular formula is C22H16BrF3N2O6. The minimum absolute atomic E-state index is 0.0273. The van der Waals surface area contributed by atoms with Crippen LogP contribution >= 0.6 is 15.9 Å². The summed E-state index contributed by atoms with van der Waals surface area (Å²) in [7, 11) is 0. The SMILES string of the molecule is O=C(O)CNC(=O)c1c(O)c2cc(Br)cc3c2n(c1=O)C(Cc1ccc(C(F)(F)F)cc1)CO3. The number of hydrogen-bond donors (Lipinski definition) is 3. The number of aromatic hydroxyl groups is 1. The number of rotatable bonds is 5. The number of hydrogen-bond acceptors (Lipinski definition) is 5. The predicted octanol–water partition coefficient (Wildman–Crippen LogP) is 3.48. The Balaban J connectivity index is 1.83. The van der Waals surface area contributed by atoms with Gasteiger partial charge in [0, 0.05) is 9.86 Å². The van der Waals surface area contributed by atoms with Crippen LogP contribution in [-0.2, 0) is 17.4 Å². The van der Waals surface area contributed by atoms with Gasteiger partial charge in [0.2, 0.25) is 0 Å². The van der Waals surface area contributed by atoms with Gasteiger partial charge < -0.3 is 20.3 Å². The first-order chi connectivity index (χ1) is 16.0.